The number of amides is 1. The Balaban J connectivity index is 1.52. The largest absolute Gasteiger partial charge is 0.350 e. The highest BCUT2D eigenvalue weighted by Gasteiger charge is 2.21. The highest BCUT2D eigenvalue weighted by molar-refractivity contribution is 5.92. The van der Waals surface area contributed by atoms with E-state index in [9.17, 15) is 14.0 Å². The number of rotatable bonds is 5. The second kappa shape index (κ2) is 8.07. The lowest BCUT2D eigenvalue weighted by molar-refractivity contribution is 0.0925. The number of piperidine rings is 1. The first kappa shape index (κ1) is 17.4. The third kappa shape index (κ3) is 4.76. The molecule has 132 valence electrons. The SMILES string of the molecule is O=C(NC[C@H]1CCCN(Cc2ccccc2F)C1)c1cccc(=O)[nH]1. The smallest absolute Gasteiger partial charge is 0.267 e. The van der Waals surface area contributed by atoms with Crippen LogP contribution in [0.1, 0.15) is 28.9 Å². The highest BCUT2D eigenvalue weighted by Crippen LogP contribution is 2.19. The number of aromatic nitrogens is 1. The van der Waals surface area contributed by atoms with Crippen LogP contribution >= 0.6 is 0 Å². The van der Waals surface area contributed by atoms with Gasteiger partial charge in [0.05, 0.1) is 0 Å². The number of hydrogen-bond donors (Lipinski definition) is 2. The minimum Gasteiger partial charge on any atom is -0.350 e. The summed E-state index contributed by atoms with van der Waals surface area (Å²) in [5, 5.41) is 2.88. The predicted octanol–water partition coefficient (Wildman–Crippen LogP) is 2.16. The second-order valence-corrected chi connectivity index (χ2v) is 6.47. The van der Waals surface area contributed by atoms with Crippen LogP contribution in [-0.2, 0) is 6.54 Å². The van der Waals surface area contributed by atoms with Gasteiger partial charge in [-0.05, 0) is 37.4 Å². The Kier molecular flexibility index (Phi) is 5.60. The number of halogens is 1. The molecule has 2 aromatic rings. The molecule has 1 aromatic heterocycles. The van der Waals surface area contributed by atoms with Crippen molar-refractivity contribution in [2.75, 3.05) is 19.6 Å². The highest BCUT2D eigenvalue weighted by atomic mass is 19.1. The lowest BCUT2D eigenvalue weighted by Crippen LogP contribution is -2.41. The zero-order valence-electron chi connectivity index (χ0n) is 14.0. The van der Waals surface area contributed by atoms with Gasteiger partial charge in [-0.1, -0.05) is 24.3 Å². The number of aromatic amines is 1. The van der Waals surface area contributed by atoms with Crippen molar-refractivity contribution < 1.29 is 9.18 Å². The van der Waals surface area contributed by atoms with Gasteiger partial charge in [-0.15, -0.1) is 0 Å². The van der Waals surface area contributed by atoms with Crippen molar-refractivity contribution in [3.63, 3.8) is 0 Å². The van der Waals surface area contributed by atoms with E-state index in [1.54, 1.807) is 18.2 Å². The molecule has 0 radical (unpaired) electrons. The minimum atomic E-state index is -0.290. The Morgan fingerprint density at radius 1 is 1.24 bits per heavy atom. The molecule has 2 N–H and O–H groups in total. The first-order valence-corrected chi connectivity index (χ1v) is 8.55. The number of carbonyl (C=O) groups excluding carboxylic acids is 1. The standard InChI is InChI=1S/C19H22FN3O2/c20-16-7-2-1-6-15(16)13-23-10-4-5-14(12-23)11-21-19(25)17-8-3-9-18(24)22-17/h1-3,6-9,14H,4-5,10-13H2,(H,21,25)(H,22,24)/t14-/m1/s1. The van der Waals surface area contributed by atoms with E-state index in [1.165, 1.54) is 12.1 Å². The average molecular weight is 343 g/mol. The lowest BCUT2D eigenvalue weighted by atomic mass is 9.97. The van der Waals surface area contributed by atoms with Crippen molar-refractivity contribution in [1.82, 2.24) is 15.2 Å². The van der Waals surface area contributed by atoms with E-state index < -0.39 is 0 Å². The van der Waals surface area contributed by atoms with Crippen LogP contribution in [0.15, 0.2) is 47.3 Å². The first-order valence-electron chi connectivity index (χ1n) is 8.55. The molecule has 6 heteroatoms. The molecule has 5 nitrogen and oxygen atoms in total. The van der Waals surface area contributed by atoms with E-state index in [0.717, 1.165) is 25.9 Å². The zero-order valence-corrected chi connectivity index (χ0v) is 14.0. The Labute approximate surface area is 145 Å². The summed E-state index contributed by atoms with van der Waals surface area (Å²) < 4.78 is 13.8. The summed E-state index contributed by atoms with van der Waals surface area (Å²) in [6.07, 6.45) is 2.05. The fraction of sp³-hybridized carbons (Fsp3) is 0.368. The van der Waals surface area contributed by atoms with E-state index in [-0.39, 0.29) is 23.0 Å². The van der Waals surface area contributed by atoms with Crippen molar-refractivity contribution in [3.8, 4) is 0 Å². The average Bonchev–Trinajstić information content (AvgIpc) is 2.62. The van der Waals surface area contributed by atoms with Crippen molar-refractivity contribution >= 4 is 5.91 Å². The molecule has 1 saturated heterocycles. The molecule has 1 aliphatic rings. The van der Waals surface area contributed by atoms with Crippen molar-refractivity contribution in [2.45, 2.75) is 19.4 Å². The van der Waals surface area contributed by atoms with Gasteiger partial charge in [0.25, 0.3) is 5.91 Å². The molecule has 0 spiro atoms. The number of hydrogen-bond acceptors (Lipinski definition) is 3. The number of likely N-dealkylation sites (tertiary alicyclic amines) is 1. The number of benzene rings is 1. The van der Waals surface area contributed by atoms with Gasteiger partial charge in [0, 0.05) is 31.3 Å². The molecule has 0 unspecified atom stereocenters. The molecule has 0 aliphatic carbocycles. The van der Waals surface area contributed by atoms with E-state index >= 15 is 0 Å². The van der Waals surface area contributed by atoms with Gasteiger partial charge in [0.2, 0.25) is 5.56 Å². The monoisotopic (exact) mass is 343 g/mol. The van der Waals surface area contributed by atoms with E-state index in [0.29, 0.717) is 24.6 Å². The fourth-order valence-corrected chi connectivity index (χ4v) is 3.24. The Bertz CT molecular complexity index is 790. The van der Waals surface area contributed by atoms with E-state index in [1.807, 2.05) is 12.1 Å². The van der Waals surface area contributed by atoms with Crippen LogP contribution in [0, 0.1) is 11.7 Å². The third-order valence-electron chi connectivity index (χ3n) is 4.52. The number of H-pyrrole nitrogens is 1. The molecule has 25 heavy (non-hydrogen) atoms. The molecule has 2 heterocycles. The van der Waals surface area contributed by atoms with Crippen LogP contribution in [0.3, 0.4) is 0 Å². The first-order chi connectivity index (χ1) is 12.1. The quantitative estimate of drug-likeness (QED) is 0.874. The summed E-state index contributed by atoms with van der Waals surface area (Å²) in [7, 11) is 0. The molecule has 1 amide bonds. The van der Waals surface area contributed by atoms with Crippen LogP contribution in [0.4, 0.5) is 4.39 Å². The van der Waals surface area contributed by atoms with Gasteiger partial charge in [0.15, 0.2) is 0 Å². The lowest BCUT2D eigenvalue weighted by Gasteiger charge is -2.32. The molecule has 1 atom stereocenters. The Morgan fingerprint density at radius 3 is 2.88 bits per heavy atom. The molecule has 0 saturated carbocycles. The van der Waals surface area contributed by atoms with Gasteiger partial charge in [-0.25, -0.2) is 4.39 Å². The molecule has 1 aromatic carbocycles. The summed E-state index contributed by atoms with van der Waals surface area (Å²) >= 11 is 0. The Hall–Kier alpha value is -2.47. The third-order valence-corrected chi connectivity index (χ3v) is 4.52. The summed E-state index contributed by atoms with van der Waals surface area (Å²) in [5.41, 5.74) is 0.682. The topological polar surface area (TPSA) is 65.2 Å². The molecule has 1 aliphatic heterocycles. The predicted molar refractivity (Wildman–Crippen MR) is 93.8 cm³/mol. The van der Waals surface area contributed by atoms with Crippen LogP contribution < -0.4 is 10.9 Å². The summed E-state index contributed by atoms with van der Waals surface area (Å²) in [6.45, 7) is 2.89. The van der Waals surface area contributed by atoms with Gasteiger partial charge in [-0.2, -0.15) is 0 Å². The normalized spacial score (nSPS) is 18.0. The van der Waals surface area contributed by atoms with E-state index in [4.69, 9.17) is 0 Å². The zero-order chi connectivity index (χ0) is 17.6. The van der Waals surface area contributed by atoms with E-state index in [2.05, 4.69) is 15.2 Å². The number of carbonyl (C=O) groups is 1. The molecule has 1 fully saturated rings. The van der Waals surface area contributed by atoms with Crippen LogP contribution in [0.2, 0.25) is 0 Å². The van der Waals surface area contributed by atoms with Crippen LogP contribution in [-0.4, -0.2) is 35.4 Å². The van der Waals surface area contributed by atoms with Crippen molar-refractivity contribution in [3.05, 3.63) is 69.9 Å². The summed E-state index contributed by atoms with van der Waals surface area (Å²) in [6, 6.07) is 11.4. The maximum absolute atomic E-state index is 13.8. The summed E-state index contributed by atoms with van der Waals surface area (Å²) in [5.74, 6) is -0.130. The van der Waals surface area contributed by atoms with Crippen molar-refractivity contribution in [2.24, 2.45) is 5.92 Å². The maximum atomic E-state index is 13.8. The van der Waals surface area contributed by atoms with Gasteiger partial charge < -0.3 is 10.3 Å². The number of nitrogens with one attached hydrogen (secondary N) is 2. The summed E-state index contributed by atoms with van der Waals surface area (Å²) in [4.78, 5) is 28.1. The van der Waals surface area contributed by atoms with Gasteiger partial charge in [-0.3, -0.25) is 14.5 Å². The fourth-order valence-electron chi connectivity index (χ4n) is 3.24. The van der Waals surface area contributed by atoms with Crippen molar-refractivity contribution in [1.29, 1.82) is 0 Å². The number of nitrogens with zero attached hydrogens (tertiary/aromatic N) is 1. The van der Waals surface area contributed by atoms with Crippen LogP contribution in [0.25, 0.3) is 0 Å². The molecular formula is C19H22FN3O2. The van der Waals surface area contributed by atoms with Crippen LogP contribution in [0.5, 0.6) is 0 Å². The maximum Gasteiger partial charge on any atom is 0.267 e. The Morgan fingerprint density at radius 2 is 2.08 bits per heavy atom. The van der Waals surface area contributed by atoms with Gasteiger partial charge in [0.1, 0.15) is 11.5 Å². The number of pyridine rings is 1. The minimum absolute atomic E-state index is 0.175. The molecular weight excluding hydrogens is 321 g/mol. The van der Waals surface area contributed by atoms with Gasteiger partial charge >= 0.3 is 0 Å². The molecule has 3 rings (SSSR count). The second-order valence-electron chi connectivity index (χ2n) is 6.47. The molecule has 0 bridgehead atoms.